The van der Waals surface area contributed by atoms with Crippen molar-refractivity contribution < 1.29 is 0 Å². The summed E-state index contributed by atoms with van der Waals surface area (Å²) in [6.45, 7) is 0. The van der Waals surface area contributed by atoms with Gasteiger partial charge in [-0.25, -0.2) is 0 Å². The minimum atomic E-state index is 0.903. The first-order chi connectivity index (χ1) is 8.29. The van der Waals surface area contributed by atoms with Crippen LogP contribution in [0, 0.1) is 0 Å². The van der Waals surface area contributed by atoms with E-state index >= 15 is 0 Å². The SMILES string of the molecule is S/C(C1=CC=CCC=C1)=C(\S)c1ccccc1. The van der Waals surface area contributed by atoms with E-state index in [0.717, 1.165) is 27.4 Å². The molecule has 0 amide bonds. The van der Waals surface area contributed by atoms with Crippen LogP contribution in [0.2, 0.25) is 0 Å². The van der Waals surface area contributed by atoms with Gasteiger partial charge in [-0.3, -0.25) is 0 Å². The molecular formula is C15H14S2. The molecule has 2 heteroatoms. The molecule has 0 spiro atoms. The molecule has 0 atom stereocenters. The van der Waals surface area contributed by atoms with Gasteiger partial charge in [0.15, 0.2) is 0 Å². The van der Waals surface area contributed by atoms with Crippen LogP contribution in [0.15, 0.2) is 71.2 Å². The smallest absolute Gasteiger partial charge is 0.0253 e. The van der Waals surface area contributed by atoms with E-state index in [9.17, 15) is 0 Å². The zero-order valence-corrected chi connectivity index (χ0v) is 11.2. The molecule has 1 aliphatic rings. The Kier molecular flexibility index (Phi) is 4.35. The van der Waals surface area contributed by atoms with Crippen molar-refractivity contribution >= 4 is 30.2 Å². The third-order valence-electron chi connectivity index (χ3n) is 2.53. The Balaban J connectivity index is 2.38. The summed E-state index contributed by atoms with van der Waals surface area (Å²) in [6, 6.07) is 10.1. The fraction of sp³-hybridized carbons (Fsp3) is 0.0667. The lowest BCUT2D eigenvalue weighted by atomic mass is 10.1. The predicted octanol–water partition coefficient (Wildman–Crippen LogP) is 4.66. The minimum Gasteiger partial charge on any atom is -0.142 e. The first kappa shape index (κ1) is 12.3. The van der Waals surface area contributed by atoms with E-state index in [1.807, 2.05) is 30.3 Å². The van der Waals surface area contributed by atoms with Crippen molar-refractivity contribution in [3.05, 3.63) is 76.8 Å². The van der Waals surface area contributed by atoms with Crippen molar-refractivity contribution in [2.24, 2.45) is 0 Å². The fourth-order valence-corrected chi connectivity index (χ4v) is 2.16. The van der Waals surface area contributed by atoms with Crippen molar-refractivity contribution in [2.45, 2.75) is 6.42 Å². The van der Waals surface area contributed by atoms with Crippen LogP contribution in [0.5, 0.6) is 0 Å². The summed E-state index contributed by atoms with van der Waals surface area (Å²) in [4.78, 5) is 1.81. The maximum absolute atomic E-state index is 4.58. The molecule has 86 valence electrons. The highest BCUT2D eigenvalue weighted by atomic mass is 32.1. The highest BCUT2D eigenvalue weighted by Gasteiger charge is 2.05. The molecule has 0 unspecified atom stereocenters. The van der Waals surface area contributed by atoms with Gasteiger partial charge in [0.25, 0.3) is 0 Å². The first-order valence-corrected chi connectivity index (χ1v) is 6.40. The van der Waals surface area contributed by atoms with Gasteiger partial charge in [-0.2, -0.15) is 0 Å². The standard InChI is InChI=1S/C15H14S2/c16-14(12-8-4-1-2-5-9-12)15(17)13-10-6-3-7-11-13/h1,3-11,16-17H,2H2/b15-14-. The van der Waals surface area contributed by atoms with E-state index in [1.165, 1.54) is 0 Å². The van der Waals surface area contributed by atoms with Crippen molar-refractivity contribution in [3.8, 4) is 0 Å². The third-order valence-corrected chi connectivity index (χ3v) is 3.67. The van der Waals surface area contributed by atoms with Gasteiger partial charge in [0.1, 0.15) is 0 Å². The summed E-state index contributed by atoms with van der Waals surface area (Å²) in [5.74, 6) is 0. The van der Waals surface area contributed by atoms with Crippen molar-refractivity contribution in [1.29, 1.82) is 0 Å². The molecule has 0 heterocycles. The van der Waals surface area contributed by atoms with Gasteiger partial charge >= 0.3 is 0 Å². The Labute approximate surface area is 113 Å². The van der Waals surface area contributed by atoms with Crippen LogP contribution < -0.4 is 0 Å². The summed E-state index contributed by atoms with van der Waals surface area (Å²) in [7, 11) is 0. The van der Waals surface area contributed by atoms with Crippen LogP contribution in [0.25, 0.3) is 4.91 Å². The fourth-order valence-electron chi connectivity index (χ4n) is 1.61. The molecule has 0 bridgehead atoms. The maximum Gasteiger partial charge on any atom is 0.0253 e. The molecular weight excluding hydrogens is 244 g/mol. The molecule has 0 nitrogen and oxygen atoms in total. The number of thiol groups is 2. The molecule has 17 heavy (non-hydrogen) atoms. The van der Waals surface area contributed by atoms with Gasteiger partial charge < -0.3 is 0 Å². The number of allylic oxidation sites excluding steroid dienone is 6. The second kappa shape index (κ2) is 5.99. The Morgan fingerprint density at radius 2 is 1.71 bits per heavy atom. The van der Waals surface area contributed by atoms with Crippen molar-refractivity contribution in [1.82, 2.24) is 0 Å². The topological polar surface area (TPSA) is 0 Å². The summed E-state index contributed by atoms with van der Waals surface area (Å²) < 4.78 is 0. The van der Waals surface area contributed by atoms with Crippen LogP contribution in [0.4, 0.5) is 0 Å². The molecule has 0 saturated carbocycles. The maximum atomic E-state index is 4.58. The van der Waals surface area contributed by atoms with Crippen LogP contribution >= 0.6 is 25.3 Å². The quantitative estimate of drug-likeness (QED) is 0.708. The number of benzene rings is 1. The van der Waals surface area contributed by atoms with Gasteiger partial charge in [0.2, 0.25) is 0 Å². The molecule has 0 fully saturated rings. The van der Waals surface area contributed by atoms with Gasteiger partial charge in [0.05, 0.1) is 0 Å². The van der Waals surface area contributed by atoms with Crippen LogP contribution in [-0.2, 0) is 0 Å². The lowest BCUT2D eigenvalue weighted by molar-refractivity contribution is 1.40. The van der Waals surface area contributed by atoms with Gasteiger partial charge in [-0.05, 0) is 17.6 Å². The Morgan fingerprint density at radius 1 is 0.941 bits per heavy atom. The van der Waals surface area contributed by atoms with Crippen LogP contribution in [-0.4, -0.2) is 0 Å². The van der Waals surface area contributed by atoms with E-state index in [1.54, 1.807) is 0 Å². The second-order valence-electron chi connectivity index (χ2n) is 3.75. The molecule has 2 rings (SSSR count). The molecule has 0 aromatic heterocycles. The summed E-state index contributed by atoms with van der Waals surface area (Å²) in [5.41, 5.74) is 2.18. The summed E-state index contributed by atoms with van der Waals surface area (Å²) in [5, 5.41) is 0. The Hall–Kier alpha value is -1.12. The molecule has 1 aromatic carbocycles. The summed E-state index contributed by atoms with van der Waals surface area (Å²) >= 11 is 9.14. The number of rotatable bonds is 2. The van der Waals surface area contributed by atoms with Crippen molar-refractivity contribution in [2.75, 3.05) is 0 Å². The number of hydrogen-bond acceptors (Lipinski definition) is 2. The molecule has 0 aliphatic heterocycles. The molecule has 0 radical (unpaired) electrons. The highest BCUT2D eigenvalue weighted by molar-refractivity contribution is 7.93. The van der Waals surface area contributed by atoms with Crippen molar-refractivity contribution in [3.63, 3.8) is 0 Å². The van der Waals surface area contributed by atoms with E-state index in [0.29, 0.717) is 0 Å². The molecule has 0 N–H and O–H groups in total. The Morgan fingerprint density at radius 3 is 2.47 bits per heavy atom. The lowest BCUT2D eigenvalue weighted by Gasteiger charge is -2.07. The van der Waals surface area contributed by atoms with E-state index in [2.05, 4.69) is 55.6 Å². The lowest BCUT2D eigenvalue weighted by Crippen LogP contribution is -1.84. The monoisotopic (exact) mass is 258 g/mol. The average Bonchev–Trinajstić information content (AvgIpc) is 2.67. The second-order valence-corrected chi connectivity index (χ2v) is 4.65. The van der Waals surface area contributed by atoms with Gasteiger partial charge in [-0.1, -0.05) is 60.7 Å². The molecule has 0 saturated heterocycles. The number of hydrogen-bond donors (Lipinski definition) is 2. The van der Waals surface area contributed by atoms with E-state index < -0.39 is 0 Å². The minimum absolute atomic E-state index is 0.903. The Bertz CT molecular complexity index is 505. The summed E-state index contributed by atoms with van der Waals surface area (Å²) in [6.07, 6.45) is 11.4. The van der Waals surface area contributed by atoms with E-state index in [4.69, 9.17) is 0 Å². The van der Waals surface area contributed by atoms with Crippen LogP contribution in [0.3, 0.4) is 0 Å². The largest absolute Gasteiger partial charge is 0.142 e. The first-order valence-electron chi connectivity index (χ1n) is 5.50. The molecule has 1 aromatic rings. The third kappa shape index (κ3) is 3.18. The predicted molar refractivity (Wildman–Crippen MR) is 82.3 cm³/mol. The van der Waals surface area contributed by atoms with Gasteiger partial charge in [0, 0.05) is 9.81 Å². The zero-order valence-electron chi connectivity index (χ0n) is 9.38. The van der Waals surface area contributed by atoms with Gasteiger partial charge in [-0.15, -0.1) is 25.3 Å². The average molecular weight is 258 g/mol. The molecule has 1 aliphatic carbocycles. The normalized spacial score (nSPS) is 16.2. The highest BCUT2D eigenvalue weighted by Crippen LogP contribution is 2.30. The zero-order chi connectivity index (χ0) is 12.1. The van der Waals surface area contributed by atoms with Crippen LogP contribution in [0.1, 0.15) is 12.0 Å². The van der Waals surface area contributed by atoms with E-state index in [-0.39, 0.29) is 0 Å².